The number of amidine groups is 1. The Morgan fingerprint density at radius 2 is 2.04 bits per heavy atom. The van der Waals surface area contributed by atoms with E-state index in [2.05, 4.69) is 9.98 Å². The topological polar surface area (TPSA) is 74.7 Å². The number of amides is 2. The lowest BCUT2D eigenvalue weighted by Gasteiger charge is -2.31. The average Bonchev–Trinajstić information content (AvgIpc) is 3.15. The zero-order valence-electron chi connectivity index (χ0n) is 13.5. The Hall–Kier alpha value is -2.45. The largest absolute Gasteiger partial charge is 0.442 e. The second-order valence-corrected chi connectivity index (χ2v) is 6.18. The van der Waals surface area contributed by atoms with Crippen LogP contribution in [0.25, 0.3) is 0 Å². The van der Waals surface area contributed by atoms with Gasteiger partial charge in [0.05, 0.1) is 5.56 Å². The summed E-state index contributed by atoms with van der Waals surface area (Å²) in [7, 11) is 0. The van der Waals surface area contributed by atoms with Gasteiger partial charge in [0.1, 0.15) is 5.84 Å². The first kappa shape index (κ1) is 17.4. The molecular weight excluding hydrogens is 337 g/mol. The highest BCUT2D eigenvalue weighted by Gasteiger charge is 2.67. The van der Waals surface area contributed by atoms with Crippen LogP contribution in [-0.2, 0) is 4.79 Å². The van der Waals surface area contributed by atoms with E-state index < -0.39 is 23.7 Å². The van der Waals surface area contributed by atoms with E-state index >= 15 is 0 Å². The predicted octanol–water partition coefficient (Wildman–Crippen LogP) is 2.27. The van der Waals surface area contributed by atoms with Gasteiger partial charge in [-0.1, -0.05) is 12.8 Å². The highest BCUT2D eigenvalue weighted by atomic mass is 19.4. The van der Waals surface area contributed by atoms with Crippen molar-refractivity contribution in [3.8, 4) is 0 Å². The first-order valence-corrected chi connectivity index (χ1v) is 7.95. The van der Waals surface area contributed by atoms with Gasteiger partial charge in [0.15, 0.2) is 0 Å². The van der Waals surface area contributed by atoms with Gasteiger partial charge in [-0.05, 0) is 31.9 Å². The van der Waals surface area contributed by atoms with Crippen molar-refractivity contribution in [3.05, 3.63) is 30.1 Å². The number of hydrogen-bond donors (Lipinski definition) is 1. The molecule has 1 aromatic heterocycles. The maximum Gasteiger partial charge on any atom is 0.442 e. The van der Waals surface area contributed by atoms with Gasteiger partial charge in [-0.25, -0.2) is 4.99 Å². The van der Waals surface area contributed by atoms with Gasteiger partial charge in [-0.15, -0.1) is 0 Å². The van der Waals surface area contributed by atoms with Gasteiger partial charge < -0.3 is 5.32 Å². The molecule has 1 fully saturated rings. The van der Waals surface area contributed by atoms with Gasteiger partial charge in [0.2, 0.25) is 0 Å². The molecule has 0 radical (unpaired) electrons. The molecular formula is C16H17F3N4O2. The van der Waals surface area contributed by atoms with Crippen molar-refractivity contribution in [2.24, 2.45) is 4.99 Å². The lowest BCUT2D eigenvalue weighted by atomic mass is 10.1. The van der Waals surface area contributed by atoms with Crippen LogP contribution in [0.4, 0.5) is 13.2 Å². The van der Waals surface area contributed by atoms with Crippen LogP contribution in [0.5, 0.6) is 0 Å². The molecule has 1 saturated carbocycles. The zero-order valence-corrected chi connectivity index (χ0v) is 13.5. The van der Waals surface area contributed by atoms with Crippen molar-refractivity contribution in [2.75, 3.05) is 0 Å². The maximum absolute atomic E-state index is 13.8. The molecule has 6 nitrogen and oxygen atoms in total. The highest BCUT2D eigenvalue weighted by Crippen LogP contribution is 2.40. The molecule has 2 aliphatic rings. The van der Waals surface area contributed by atoms with Gasteiger partial charge in [-0.3, -0.25) is 19.5 Å². The van der Waals surface area contributed by atoms with Crippen LogP contribution in [0.1, 0.15) is 43.0 Å². The van der Waals surface area contributed by atoms with E-state index in [-0.39, 0.29) is 17.4 Å². The number of carbonyl (C=O) groups is 2. The van der Waals surface area contributed by atoms with Crippen LogP contribution >= 0.6 is 0 Å². The molecule has 0 aromatic carbocycles. The molecule has 0 saturated heterocycles. The van der Waals surface area contributed by atoms with Crippen LogP contribution in [0.3, 0.4) is 0 Å². The fourth-order valence-corrected chi connectivity index (χ4v) is 3.33. The standard InChI is InChI=1S/C16H17F3N4O2/c1-10-21-15(16(17,18)19,14(25)23(10)12-6-2-3-7-12)22-13(24)11-5-4-8-20-9-11/h4-5,8-9,12H,2-3,6-7H2,1H3,(H,22,24). The summed E-state index contributed by atoms with van der Waals surface area (Å²) in [4.78, 5) is 33.3. The smallest absolute Gasteiger partial charge is 0.312 e. The molecule has 1 aliphatic carbocycles. The molecule has 3 rings (SSSR count). The van der Waals surface area contributed by atoms with Gasteiger partial charge >= 0.3 is 11.8 Å². The minimum absolute atomic E-state index is 0.0271. The lowest BCUT2D eigenvalue weighted by molar-refractivity contribution is -0.196. The summed E-state index contributed by atoms with van der Waals surface area (Å²) in [5.41, 5.74) is -3.36. The van der Waals surface area contributed by atoms with Crippen LogP contribution in [0.15, 0.2) is 29.5 Å². The van der Waals surface area contributed by atoms with Gasteiger partial charge in [-0.2, -0.15) is 13.2 Å². The van der Waals surface area contributed by atoms with Crippen molar-refractivity contribution in [1.29, 1.82) is 0 Å². The molecule has 1 atom stereocenters. The third-order valence-electron chi connectivity index (χ3n) is 4.52. The minimum atomic E-state index is -5.06. The zero-order chi connectivity index (χ0) is 18.2. The monoisotopic (exact) mass is 354 g/mol. The number of pyridine rings is 1. The Bertz CT molecular complexity index is 714. The number of nitrogens with one attached hydrogen (secondary N) is 1. The first-order chi connectivity index (χ1) is 11.8. The van der Waals surface area contributed by atoms with Crippen molar-refractivity contribution >= 4 is 17.6 Å². The lowest BCUT2D eigenvalue weighted by Crippen LogP contribution is -2.64. The Labute approximate surface area is 142 Å². The van der Waals surface area contributed by atoms with Crippen molar-refractivity contribution in [3.63, 3.8) is 0 Å². The number of aromatic nitrogens is 1. The first-order valence-electron chi connectivity index (χ1n) is 7.95. The fraction of sp³-hybridized carbons (Fsp3) is 0.500. The van der Waals surface area contributed by atoms with E-state index in [1.54, 1.807) is 5.32 Å². The number of hydrogen-bond acceptors (Lipinski definition) is 4. The normalized spacial score (nSPS) is 24.6. The van der Waals surface area contributed by atoms with E-state index in [9.17, 15) is 22.8 Å². The quantitative estimate of drug-likeness (QED) is 0.905. The summed E-state index contributed by atoms with van der Waals surface area (Å²) in [6.07, 6.45) is 0.416. The van der Waals surface area contributed by atoms with E-state index in [1.807, 2.05) is 0 Å². The third-order valence-corrected chi connectivity index (χ3v) is 4.52. The Morgan fingerprint density at radius 3 is 2.60 bits per heavy atom. The van der Waals surface area contributed by atoms with Crippen LogP contribution in [0, 0.1) is 0 Å². The van der Waals surface area contributed by atoms with Crippen molar-refractivity contribution in [1.82, 2.24) is 15.2 Å². The summed E-state index contributed by atoms with van der Waals surface area (Å²) in [6, 6.07) is 2.43. The molecule has 9 heteroatoms. The SMILES string of the molecule is CC1=NC(NC(=O)c2cccnc2)(C(F)(F)F)C(=O)N1C1CCCC1. The molecule has 2 amide bonds. The van der Waals surface area contributed by atoms with Gasteiger partial charge in [0.25, 0.3) is 11.8 Å². The third kappa shape index (κ3) is 2.87. The van der Waals surface area contributed by atoms with Crippen LogP contribution in [-0.4, -0.2) is 45.4 Å². The Morgan fingerprint density at radius 1 is 1.36 bits per heavy atom. The molecule has 1 N–H and O–H groups in total. The van der Waals surface area contributed by atoms with Crippen molar-refractivity contribution < 1.29 is 22.8 Å². The summed E-state index contributed by atoms with van der Waals surface area (Å²) in [5, 5.41) is 1.80. The number of rotatable bonds is 3. The van der Waals surface area contributed by atoms with Crippen LogP contribution in [0.2, 0.25) is 0 Å². The Balaban J connectivity index is 1.95. The summed E-state index contributed by atoms with van der Waals surface area (Å²) < 4.78 is 41.4. The number of alkyl halides is 3. The molecule has 0 spiro atoms. The van der Waals surface area contributed by atoms with Crippen molar-refractivity contribution in [2.45, 2.75) is 50.5 Å². The highest BCUT2D eigenvalue weighted by molar-refractivity contribution is 6.10. The molecule has 25 heavy (non-hydrogen) atoms. The minimum Gasteiger partial charge on any atom is -0.312 e. The second kappa shape index (κ2) is 6.12. The number of carbonyl (C=O) groups excluding carboxylic acids is 2. The molecule has 1 unspecified atom stereocenters. The molecule has 0 bridgehead atoms. The maximum atomic E-state index is 13.8. The number of aliphatic imine (C=N–C) groups is 1. The van der Waals surface area contributed by atoms with Crippen LogP contribution < -0.4 is 5.32 Å². The number of halogens is 3. The second-order valence-electron chi connectivity index (χ2n) is 6.18. The molecule has 2 heterocycles. The van der Waals surface area contributed by atoms with Gasteiger partial charge in [0, 0.05) is 18.4 Å². The molecule has 134 valence electrons. The summed E-state index contributed by atoms with van der Waals surface area (Å²) in [5.74, 6) is -2.33. The molecule has 1 aliphatic heterocycles. The van der Waals surface area contributed by atoms with E-state index in [4.69, 9.17) is 0 Å². The van der Waals surface area contributed by atoms with E-state index in [0.29, 0.717) is 12.8 Å². The van der Waals surface area contributed by atoms with E-state index in [1.165, 1.54) is 25.3 Å². The average molecular weight is 354 g/mol. The summed E-state index contributed by atoms with van der Waals surface area (Å²) in [6.45, 7) is 1.36. The molecule has 1 aromatic rings. The summed E-state index contributed by atoms with van der Waals surface area (Å²) >= 11 is 0. The fourth-order valence-electron chi connectivity index (χ4n) is 3.33. The number of nitrogens with zero attached hydrogens (tertiary/aromatic N) is 3. The Kier molecular flexibility index (Phi) is 4.26. The predicted molar refractivity (Wildman–Crippen MR) is 82.7 cm³/mol. The van der Waals surface area contributed by atoms with E-state index in [0.717, 1.165) is 23.9 Å².